The van der Waals surface area contributed by atoms with Gasteiger partial charge in [-0.3, -0.25) is 4.79 Å². The number of rotatable bonds is 2. The van der Waals surface area contributed by atoms with E-state index < -0.39 is 0 Å². The summed E-state index contributed by atoms with van der Waals surface area (Å²) in [4.78, 5) is 11.4. The maximum Gasteiger partial charge on any atom is 0.221 e. The summed E-state index contributed by atoms with van der Waals surface area (Å²) in [5.41, 5.74) is 1.46. The molecule has 2 rings (SSSR count). The van der Waals surface area contributed by atoms with Gasteiger partial charge in [-0.15, -0.1) is 0 Å². The third-order valence-electron chi connectivity index (χ3n) is 2.82. The number of amides is 1. The third kappa shape index (κ3) is 2.38. The molecule has 5 nitrogen and oxygen atoms in total. The van der Waals surface area contributed by atoms with Gasteiger partial charge in [0.05, 0.1) is 18.9 Å². The number of hydrogen-bond donors (Lipinski definition) is 2. The minimum Gasteiger partial charge on any atom is -0.497 e. The second kappa shape index (κ2) is 4.86. The molecule has 90 valence electrons. The smallest absolute Gasteiger partial charge is 0.221 e. The number of nitrogens with one attached hydrogen (secondary N) is 1. The van der Waals surface area contributed by atoms with Crippen molar-refractivity contribution in [3.05, 3.63) is 29.8 Å². The summed E-state index contributed by atoms with van der Waals surface area (Å²) >= 11 is 0. The molecular formula is C12H14N2O3. The van der Waals surface area contributed by atoms with Crippen molar-refractivity contribution < 1.29 is 14.7 Å². The first kappa shape index (κ1) is 11.4. The molecule has 1 unspecified atom stereocenters. The van der Waals surface area contributed by atoms with Crippen LogP contribution in [0.3, 0.4) is 0 Å². The Morgan fingerprint density at radius 1 is 1.35 bits per heavy atom. The Labute approximate surface area is 99.1 Å². The lowest BCUT2D eigenvalue weighted by molar-refractivity contribution is -0.121. The highest BCUT2D eigenvalue weighted by Crippen LogP contribution is 2.23. The van der Waals surface area contributed by atoms with E-state index in [1.165, 1.54) is 0 Å². The summed E-state index contributed by atoms with van der Waals surface area (Å²) in [7, 11) is 1.60. The fourth-order valence-electron chi connectivity index (χ4n) is 1.88. The number of carbonyl (C=O) groups is 1. The molecule has 0 saturated carbocycles. The van der Waals surface area contributed by atoms with Crippen LogP contribution in [0.5, 0.6) is 5.75 Å². The summed E-state index contributed by atoms with van der Waals surface area (Å²) in [5, 5.41) is 15.0. The molecule has 0 aliphatic carbocycles. The minimum absolute atomic E-state index is 0.0294. The van der Waals surface area contributed by atoms with E-state index in [0.29, 0.717) is 18.6 Å². The van der Waals surface area contributed by atoms with E-state index in [1.54, 1.807) is 7.11 Å². The molecule has 1 fully saturated rings. The molecule has 2 N–H and O–H groups in total. The van der Waals surface area contributed by atoms with Crippen molar-refractivity contribution in [3.63, 3.8) is 0 Å². The van der Waals surface area contributed by atoms with Crippen molar-refractivity contribution in [2.24, 2.45) is 5.16 Å². The molecule has 1 aromatic carbocycles. The minimum atomic E-state index is -0.341. The lowest BCUT2D eigenvalue weighted by Gasteiger charge is -2.24. The van der Waals surface area contributed by atoms with Gasteiger partial charge in [-0.05, 0) is 17.7 Å². The van der Waals surface area contributed by atoms with Gasteiger partial charge in [0.2, 0.25) is 5.91 Å². The molecule has 1 amide bonds. The quantitative estimate of drug-likeness (QED) is 0.601. The molecule has 0 aromatic heterocycles. The number of hydrogen-bond acceptors (Lipinski definition) is 4. The van der Waals surface area contributed by atoms with Crippen LogP contribution >= 0.6 is 0 Å². The molecule has 1 aromatic rings. The Bertz CT molecular complexity index is 440. The van der Waals surface area contributed by atoms with Crippen molar-refractivity contribution in [3.8, 4) is 5.75 Å². The van der Waals surface area contributed by atoms with Crippen LogP contribution in [0, 0.1) is 0 Å². The molecule has 1 aliphatic heterocycles. The zero-order valence-electron chi connectivity index (χ0n) is 9.51. The Hall–Kier alpha value is -2.04. The fourth-order valence-corrected chi connectivity index (χ4v) is 1.88. The van der Waals surface area contributed by atoms with Gasteiger partial charge in [-0.2, -0.15) is 0 Å². The average molecular weight is 234 g/mol. The molecule has 1 atom stereocenters. The highest BCUT2D eigenvalue weighted by molar-refractivity contribution is 5.98. The van der Waals surface area contributed by atoms with Crippen LogP contribution < -0.4 is 10.1 Å². The monoisotopic (exact) mass is 234 g/mol. The zero-order chi connectivity index (χ0) is 12.3. The Morgan fingerprint density at radius 3 is 2.65 bits per heavy atom. The zero-order valence-corrected chi connectivity index (χ0v) is 9.51. The van der Waals surface area contributed by atoms with Gasteiger partial charge in [0.15, 0.2) is 0 Å². The first-order valence-electron chi connectivity index (χ1n) is 5.38. The summed E-state index contributed by atoms with van der Waals surface area (Å²) in [6.45, 7) is 0. The maximum absolute atomic E-state index is 11.4. The SMILES string of the molecule is COc1ccc(C2NC(=O)CC/C2=N\O)cc1. The van der Waals surface area contributed by atoms with Crippen LogP contribution in [0.2, 0.25) is 0 Å². The van der Waals surface area contributed by atoms with Gasteiger partial charge >= 0.3 is 0 Å². The number of nitrogens with zero attached hydrogens (tertiary/aromatic N) is 1. The number of oxime groups is 1. The highest BCUT2D eigenvalue weighted by Gasteiger charge is 2.26. The van der Waals surface area contributed by atoms with E-state index in [2.05, 4.69) is 10.5 Å². The topological polar surface area (TPSA) is 70.9 Å². The Balaban J connectivity index is 2.26. The third-order valence-corrected chi connectivity index (χ3v) is 2.82. The van der Waals surface area contributed by atoms with Crippen LogP contribution in [-0.2, 0) is 4.79 Å². The van der Waals surface area contributed by atoms with Crippen LogP contribution in [0.15, 0.2) is 29.4 Å². The fraction of sp³-hybridized carbons (Fsp3) is 0.333. The molecule has 5 heteroatoms. The number of methoxy groups -OCH3 is 1. The summed E-state index contributed by atoms with van der Waals surface area (Å²) in [6.07, 6.45) is 0.852. The van der Waals surface area contributed by atoms with E-state index in [9.17, 15) is 4.79 Å². The number of ether oxygens (including phenoxy) is 1. The van der Waals surface area contributed by atoms with E-state index in [-0.39, 0.29) is 11.9 Å². The van der Waals surface area contributed by atoms with Crippen LogP contribution in [-0.4, -0.2) is 23.9 Å². The van der Waals surface area contributed by atoms with Crippen molar-refractivity contribution in [2.45, 2.75) is 18.9 Å². The van der Waals surface area contributed by atoms with Crippen LogP contribution in [0.4, 0.5) is 0 Å². The normalized spacial score (nSPS) is 22.3. The van der Waals surface area contributed by atoms with E-state index >= 15 is 0 Å². The van der Waals surface area contributed by atoms with E-state index in [0.717, 1.165) is 11.3 Å². The Morgan fingerprint density at radius 2 is 2.06 bits per heavy atom. The molecule has 1 aliphatic rings. The first-order chi connectivity index (χ1) is 8.24. The number of carbonyl (C=O) groups excluding carboxylic acids is 1. The largest absolute Gasteiger partial charge is 0.497 e. The second-order valence-corrected chi connectivity index (χ2v) is 3.87. The van der Waals surface area contributed by atoms with Crippen molar-refractivity contribution in [1.82, 2.24) is 5.32 Å². The molecule has 1 heterocycles. The number of piperidine rings is 1. The van der Waals surface area contributed by atoms with Gasteiger partial charge in [-0.1, -0.05) is 17.3 Å². The maximum atomic E-state index is 11.4. The summed E-state index contributed by atoms with van der Waals surface area (Å²) in [6, 6.07) is 6.98. The van der Waals surface area contributed by atoms with Gasteiger partial charge < -0.3 is 15.3 Å². The molecule has 0 spiro atoms. The van der Waals surface area contributed by atoms with Crippen molar-refractivity contribution in [1.29, 1.82) is 0 Å². The lowest BCUT2D eigenvalue weighted by Crippen LogP contribution is -2.38. The van der Waals surface area contributed by atoms with Crippen molar-refractivity contribution in [2.75, 3.05) is 7.11 Å². The average Bonchev–Trinajstić information content (AvgIpc) is 2.39. The van der Waals surface area contributed by atoms with Crippen LogP contribution in [0.1, 0.15) is 24.4 Å². The predicted octanol–water partition coefficient (Wildman–Crippen LogP) is 1.48. The second-order valence-electron chi connectivity index (χ2n) is 3.87. The molecule has 0 radical (unpaired) electrons. The van der Waals surface area contributed by atoms with Gasteiger partial charge in [0, 0.05) is 12.8 Å². The summed E-state index contributed by atoms with van der Waals surface area (Å²) < 4.78 is 5.06. The molecule has 0 bridgehead atoms. The van der Waals surface area contributed by atoms with Crippen LogP contribution in [0.25, 0.3) is 0 Å². The highest BCUT2D eigenvalue weighted by atomic mass is 16.5. The molecule has 17 heavy (non-hydrogen) atoms. The van der Waals surface area contributed by atoms with Gasteiger partial charge in [0.1, 0.15) is 5.75 Å². The lowest BCUT2D eigenvalue weighted by atomic mass is 9.95. The Kier molecular flexibility index (Phi) is 3.27. The summed E-state index contributed by atoms with van der Waals surface area (Å²) in [5.74, 6) is 0.719. The van der Waals surface area contributed by atoms with Gasteiger partial charge in [0.25, 0.3) is 0 Å². The van der Waals surface area contributed by atoms with E-state index in [1.807, 2.05) is 24.3 Å². The standard InChI is InChI=1S/C12H14N2O3/c1-17-9-4-2-8(3-5-9)12-10(14-16)6-7-11(15)13-12/h2-5,12,16H,6-7H2,1H3,(H,13,15)/b14-10+. The van der Waals surface area contributed by atoms with E-state index in [4.69, 9.17) is 9.94 Å². The molecular weight excluding hydrogens is 220 g/mol. The van der Waals surface area contributed by atoms with Crippen molar-refractivity contribution >= 4 is 11.6 Å². The first-order valence-corrected chi connectivity index (χ1v) is 5.38. The predicted molar refractivity (Wildman–Crippen MR) is 62.3 cm³/mol. The van der Waals surface area contributed by atoms with Gasteiger partial charge in [-0.25, -0.2) is 0 Å². The molecule has 1 saturated heterocycles. The number of benzene rings is 1.